The molecule has 1 saturated heterocycles. The molecule has 2 fully saturated rings. The summed E-state index contributed by atoms with van der Waals surface area (Å²) in [7, 11) is 0. The number of anilines is 1. The molecular formula is C16H20N2O2. The maximum Gasteiger partial charge on any atom is 0.233 e. The van der Waals surface area contributed by atoms with Crippen LogP contribution < -0.4 is 5.73 Å². The van der Waals surface area contributed by atoms with Gasteiger partial charge in [0.25, 0.3) is 0 Å². The van der Waals surface area contributed by atoms with Crippen molar-refractivity contribution in [2.45, 2.75) is 38.6 Å². The summed E-state index contributed by atoms with van der Waals surface area (Å²) in [4.78, 5) is 26.5. The van der Waals surface area contributed by atoms with Crippen LogP contribution in [0.15, 0.2) is 24.3 Å². The summed E-state index contributed by atoms with van der Waals surface area (Å²) < 4.78 is 0. The number of carbonyl (C=O) groups is 2. The number of likely N-dealkylation sites (tertiary alicyclic amines) is 1. The maximum atomic E-state index is 12.5. The molecule has 4 nitrogen and oxygen atoms in total. The summed E-state index contributed by atoms with van der Waals surface area (Å²) in [6.07, 6.45) is 3.84. The second-order valence-electron chi connectivity index (χ2n) is 5.89. The Balaban J connectivity index is 1.87. The van der Waals surface area contributed by atoms with Gasteiger partial charge in [-0.1, -0.05) is 25.0 Å². The van der Waals surface area contributed by atoms with Crippen molar-refractivity contribution in [3.8, 4) is 0 Å². The van der Waals surface area contributed by atoms with Gasteiger partial charge in [-0.2, -0.15) is 0 Å². The van der Waals surface area contributed by atoms with Gasteiger partial charge in [-0.05, 0) is 37.5 Å². The minimum atomic E-state index is -0.207. The molecule has 3 atom stereocenters. The van der Waals surface area contributed by atoms with Gasteiger partial charge in [0.2, 0.25) is 11.8 Å². The van der Waals surface area contributed by atoms with Crippen LogP contribution in [0.5, 0.6) is 0 Å². The molecule has 0 aromatic heterocycles. The molecule has 0 spiro atoms. The Hall–Kier alpha value is -1.84. The van der Waals surface area contributed by atoms with E-state index in [-0.39, 0.29) is 29.7 Å². The van der Waals surface area contributed by atoms with Crippen LogP contribution in [-0.4, -0.2) is 16.7 Å². The second-order valence-corrected chi connectivity index (χ2v) is 5.89. The fourth-order valence-corrected chi connectivity index (χ4v) is 3.49. The summed E-state index contributed by atoms with van der Waals surface area (Å²) >= 11 is 0. The van der Waals surface area contributed by atoms with E-state index in [1.165, 1.54) is 4.90 Å². The molecule has 3 unspecified atom stereocenters. The van der Waals surface area contributed by atoms with Gasteiger partial charge >= 0.3 is 0 Å². The number of fused-ring (bicyclic) bond motifs is 1. The minimum Gasteiger partial charge on any atom is -0.399 e. The Morgan fingerprint density at radius 2 is 1.55 bits per heavy atom. The van der Waals surface area contributed by atoms with Crippen LogP contribution >= 0.6 is 0 Å². The molecule has 106 valence electrons. The Bertz CT molecular complexity index is 514. The van der Waals surface area contributed by atoms with E-state index in [0.717, 1.165) is 31.2 Å². The summed E-state index contributed by atoms with van der Waals surface area (Å²) in [6, 6.07) is 7.19. The van der Waals surface area contributed by atoms with Crippen LogP contribution in [0.4, 0.5) is 5.69 Å². The molecule has 1 heterocycles. The molecular weight excluding hydrogens is 252 g/mol. The van der Waals surface area contributed by atoms with Crippen molar-refractivity contribution in [3.05, 3.63) is 29.8 Å². The number of amides is 2. The lowest BCUT2D eigenvalue weighted by atomic mass is 9.81. The van der Waals surface area contributed by atoms with Gasteiger partial charge in [0.05, 0.1) is 17.9 Å². The standard InChI is InChI=1S/C16H20N2O2/c1-10(11-6-8-12(17)9-7-11)18-15(19)13-4-2-3-5-14(13)16(18)20/h6-10,13-14H,2-5,17H2,1H3. The van der Waals surface area contributed by atoms with Crippen molar-refractivity contribution >= 4 is 17.5 Å². The molecule has 2 aliphatic rings. The zero-order valence-electron chi connectivity index (χ0n) is 11.7. The Morgan fingerprint density at radius 1 is 1.05 bits per heavy atom. The zero-order chi connectivity index (χ0) is 14.3. The van der Waals surface area contributed by atoms with E-state index in [0.29, 0.717) is 5.69 Å². The van der Waals surface area contributed by atoms with Crippen molar-refractivity contribution < 1.29 is 9.59 Å². The summed E-state index contributed by atoms with van der Waals surface area (Å²) in [5, 5.41) is 0. The third kappa shape index (κ3) is 1.99. The highest BCUT2D eigenvalue weighted by atomic mass is 16.2. The highest BCUT2D eigenvalue weighted by Gasteiger charge is 2.49. The molecule has 4 heteroatoms. The maximum absolute atomic E-state index is 12.5. The van der Waals surface area contributed by atoms with Crippen molar-refractivity contribution in [1.29, 1.82) is 0 Å². The normalized spacial score (nSPS) is 27.6. The van der Waals surface area contributed by atoms with E-state index < -0.39 is 0 Å². The molecule has 1 aromatic rings. The lowest BCUT2D eigenvalue weighted by molar-refractivity contribution is -0.142. The number of nitrogen functional groups attached to an aromatic ring is 1. The topological polar surface area (TPSA) is 63.4 Å². The lowest BCUT2D eigenvalue weighted by Crippen LogP contribution is -2.33. The first-order valence-electron chi connectivity index (χ1n) is 7.32. The Labute approximate surface area is 118 Å². The first-order valence-corrected chi connectivity index (χ1v) is 7.32. The number of nitrogens with two attached hydrogens (primary N) is 1. The van der Waals surface area contributed by atoms with E-state index >= 15 is 0 Å². The summed E-state index contributed by atoms with van der Waals surface area (Å²) in [6.45, 7) is 1.92. The number of hydrogen-bond acceptors (Lipinski definition) is 3. The quantitative estimate of drug-likeness (QED) is 0.664. The fourth-order valence-electron chi connectivity index (χ4n) is 3.49. The van der Waals surface area contributed by atoms with Gasteiger partial charge in [0.1, 0.15) is 0 Å². The Kier molecular flexibility index (Phi) is 3.24. The molecule has 0 radical (unpaired) electrons. The molecule has 1 aromatic carbocycles. The van der Waals surface area contributed by atoms with E-state index in [1.54, 1.807) is 0 Å². The third-order valence-corrected chi connectivity index (χ3v) is 4.68. The van der Waals surface area contributed by atoms with E-state index in [4.69, 9.17) is 5.73 Å². The SMILES string of the molecule is CC(c1ccc(N)cc1)N1C(=O)C2CCCCC2C1=O. The number of imide groups is 1. The predicted molar refractivity (Wildman–Crippen MR) is 76.6 cm³/mol. The molecule has 3 rings (SSSR count). The third-order valence-electron chi connectivity index (χ3n) is 4.68. The lowest BCUT2D eigenvalue weighted by Gasteiger charge is -2.23. The monoisotopic (exact) mass is 272 g/mol. The van der Waals surface area contributed by atoms with Gasteiger partial charge in [-0.25, -0.2) is 0 Å². The van der Waals surface area contributed by atoms with E-state index in [1.807, 2.05) is 31.2 Å². The molecule has 1 aliphatic heterocycles. The number of nitrogens with zero attached hydrogens (tertiary/aromatic N) is 1. The minimum absolute atomic E-state index is 0.0176. The molecule has 2 N–H and O–H groups in total. The van der Waals surface area contributed by atoms with Gasteiger partial charge in [-0.3, -0.25) is 14.5 Å². The zero-order valence-corrected chi connectivity index (χ0v) is 11.7. The average molecular weight is 272 g/mol. The van der Waals surface area contributed by atoms with Gasteiger partial charge in [0.15, 0.2) is 0 Å². The van der Waals surface area contributed by atoms with Crippen LogP contribution in [0.3, 0.4) is 0 Å². The molecule has 1 saturated carbocycles. The first kappa shape index (κ1) is 13.2. The van der Waals surface area contributed by atoms with E-state index in [2.05, 4.69) is 0 Å². The van der Waals surface area contributed by atoms with Crippen LogP contribution in [-0.2, 0) is 9.59 Å². The molecule has 0 bridgehead atoms. The van der Waals surface area contributed by atoms with Crippen molar-refractivity contribution in [2.24, 2.45) is 11.8 Å². The smallest absolute Gasteiger partial charge is 0.233 e. The van der Waals surface area contributed by atoms with E-state index in [9.17, 15) is 9.59 Å². The fraction of sp³-hybridized carbons (Fsp3) is 0.500. The highest BCUT2D eigenvalue weighted by Crippen LogP contribution is 2.41. The number of hydrogen-bond donors (Lipinski definition) is 1. The number of carbonyl (C=O) groups excluding carboxylic acids is 2. The van der Waals surface area contributed by atoms with Gasteiger partial charge in [0, 0.05) is 5.69 Å². The van der Waals surface area contributed by atoms with Gasteiger partial charge < -0.3 is 5.73 Å². The summed E-state index contributed by atoms with van der Waals surface area (Å²) in [5.41, 5.74) is 7.33. The van der Waals surface area contributed by atoms with Crippen LogP contribution in [0.25, 0.3) is 0 Å². The largest absolute Gasteiger partial charge is 0.399 e. The molecule has 1 aliphatic carbocycles. The molecule has 2 amide bonds. The molecule has 20 heavy (non-hydrogen) atoms. The Morgan fingerprint density at radius 3 is 2.05 bits per heavy atom. The van der Waals surface area contributed by atoms with Crippen molar-refractivity contribution in [2.75, 3.05) is 5.73 Å². The van der Waals surface area contributed by atoms with Crippen LogP contribution in [0, 0.1) is 11.8 Å². The average Bonchev–Trinajstić information content (AvgIpc) is 2.72. The highest BCUT2D eigenvalue weighted by molar-refractivity contribution is 6.05. The first-order chi connectivity index (χ1) is 9.59. The van der Waals surface area contributed by atoms with Crippen LogP contribution in [0.2, 0.25) is 0 Å². The summed E-state index contributed by atoms with van der Waals surface area (Å²) in [5.74, 6) is -0.118. The second kappa shape index (κ2) is 4.93. The predicted octanol–water partition coefficient (Wildman–Crippen LogP) is 2.51. The number of benzene rings is 1. The van der Waals surface area contributed by atoms with Crippen LogP contribution in [0.1, 0.15) is 44.2 Å². The van der Waals surface area contributed by atoms with Crippen molar-refractivity contribution in [3.63, 3.8) is 0 Å². The number of rotatable bonds is 2. The van der Waals surface area contributed by atoms with Gasteiger partial charge in [-0.15, -0.1) is 0 Å². The van der Waals surface area contributed by atoms with Crippen molar-refractivity contribution in [1.82, 2.24) is 4.90 Å².